The maximum atomic E-state index is 13.3. The normalized spacial score (nSPS) is 20.8. The number of carbonyl (C=O) groups excluding carboxylic acids is 2. The fourth-order valence-electron chi connectivity index (χ4n) is 5.10. The molecule has 2 N–H and O–H groups in total. The lowest BCUT2D eigenvalue weighted by Gasteiger charge is -2.30. The molecular formula is C24H33N3O3. The maximum Gasteiger partial charge on any atom is 0.407 e. The van der Waals surface area contributed by atoms with Gasteiger partial charge in [0, 0.05) is 23.1 Å². The number of methoxy groups -OCH3 is 1. The summed E-state index contributed by atoms with van der Waals surface area (Å²) in [7, 11) is 1.32. The van der Waals surface area contributed by atoms with Crippen LogP contribution in [0.2, 0.25) is 0 Å². The predicted molar refractivity (Wildman–Crippen MR) is 117 cm³/mol. The number of carbonyl (C=O) groups is 2. The Kier molecular flexibility index (Phi) is 6.02. The van der Waals surface area contributed by atoms with Gasteiger partial charge in [-0.15, -0.1) is 0 Å². The number of H-pyrrole nitrogens is 1. The smallest absolute Gasteiger partial charge is 0.407 e. The van der Waals surface area contributed by atoms with Crippen molar-refractivity contribution in [1.29, 1.82) is 0 Å². The number of nitrogens with zero attached hydrogens (tertiary/aromatic N) is 1. The molecule has 0 bridgehead atoms. The molecule has 1 saturated carbocycles. The van der Waals surface area contributed by atoms with Crippen molar-refractivity contribution in [3.63, 3.8) is 0 Å². The molecule has 162 valence electrons. The summed E-state index contributed by atoms with van der Waals surface area (Å²) in [5.74, 6) is 0.631. The van der Waals surface area contributed by atoms with Crippen LogP contribution >= 0.6 is 0 Å². The highest BCUT2D eigenvalue weighted by molar-refractivity contribution is 5.87. The van der Waals surface area contributed by atoms with Crippen LogP contribution in [-0.2, 0) is 9.53 Å². The van der Waals surface area contributed by atoms with Gasteiger partial charge < -0.3 is 19.9 Å². The second kappa shape index (κ2) is 8.70. The summed E-state index contributed by atoms with van der Waals surface area (Å²) >= 11 is 0. The number of amides is 2. The highest BCUT2D eigenvalue weighted by atomic mass is 16.5. The van der Waals surface area contributed by atoms with Crippen LogP contribution in [0, 0.1) is 5.92 Å². The van der Waals surface area contributed by atoms with Crippen molar-refractivity contribution in [2.75, 3.05) is 13.7 Å². The van der Waals surface area contributed by atoms with E-state index in [1.807, 2.05) is 18.7 Å². The quantitative estimate of drug-likeness (QED) is 0.737. The summed E-state index contributed by atoms with van der Waals surface area (Å²) in [5.41, 5.74) is 3.64. The topological polar surface area (TPSA) is 74.4 Å². The largest absolute Gasteiger partial charge is 0.453 e. The molecule has 4 rings (SSSR count). The molecule has 6 heteroatoms. The lowest BCUT2D eigenvalue weighted by molar-refractivity contribution is -0.135. The fraction of sp³-hybridized carbons (Fsp3) is 0.583. The first-order valence-electron chi connectivity index (χ1n) is 11.3. The molecule has 1 aromatic carbocycles. The van der Waals surface area contributed by atoms with E-state index in [-0.39, 0.29) is 17.9 Å². The molecule has 2 fully saturated rings. The number of alkyl carbamates (subject to hydrolysis) is 1. The van der Waals surface area contributed by atoms with Crippen LogP contribution in [0.25, 0.3) is 10.9 Å². The number of hydrogen-bond acceptors (Lipinski definition) is 3. The number of hydrogen-bond donors (Lipinski definition) is 2. The molecule has 0 unspecified atom stereocenters. The zero-order chi connectivity index (χ0) is 21.3. The molecule has 0 spiro atoms. The van der Waals surface area contributed by atoms with Crippen molar-refractivity contribution < 1.29 is 14.3 Å². The SMILES string of the molecule is COC(=O)N[C@H](C(=O)N1CCC[C@H]1c1cc2cc(C3CCCC3)ccc2[nH]1)C(C)C. The van der Waals surface area contributed by atoms with Gasteiger partial charge in [0.1, 0.15) is 6.04 Å². The fourth-order valence-corrected chi connectivity index (χ4v) is 5.10. The van der Waals surface area contributed by atoms with Crippen molar-refractivity contribution >= 4 is 22.9 Å². The third-order valence-corrected chi connectivity index (χ3v) is 6.78. The molecule has 2 amide bonds. The Bertz CT molecular complexity index is 914. The first-order valence-corrected chi connectivity index (χ1v) is 11.3. The van der Waals surface area contributed by atoms with Crippen molar-refractivity contribution in [2.24, 2.45) is 5.92 Å². The van der Waals surface area contributed by atoms with Gasteiger partial charge in [-0.3, -0.25) is 4.79 Å². The number of benzene rings is 1. The minimum atomic E-state index is -0.587. The van der Waals surface area contributed by atoms with Crippen LogP contribution in [0.5, 0.6) is 0 Å². The average Bonchev–Trinajstić information content (AvgIpc) is 3.49. The number of aromatic nitrogens is 1. The number of fused-ring (bicyclic) bond motifs is 1. The van der Waals surface area contributed by atoms with Crippen molar-refractivity contribution in [2.45, 2.75) is 70.4 Å². The van der Waals surface area contributed by atoms with E-state index in [1.165, 1.54) is 43.7 Å². The average molecular weight is 412 g/mol. The lowest BCUT2D eigenvalue weighted by atomic mass is 9.96. The van der Waals surface area contributed by atoms with Crippen LogP contribution in [-0.4, -0.2) is 41.6 Å². The lowest BCUT2D eigenvalue weighted by Crippen LogP contribution is -2.51. The standard InChI is InChI=1S/C24H33N3O3/c1-15(2)22(26-24(29)30-3)23(28)27-12-6-9-21(27)20-14-18-13-17(10-11-19(18)25-20)16-7-4-5-8-16/h10-11,13-16,21-22,25H,4-9,12H2,1-3H3,(H,26,29)/t21-,22-/m0/s1. The summed E-state index contributed by atoms with van der Waals surface area (Å²) < 4.78 is 4.72. The Morgan fingerprint density at radius 1 is 1.13 bits per heavy atom. The molecule has 0 radical (unpaired) electrons. The van der Waals surface area contributed by atoms with Crippen molar-refractivity contribution in [1.82, 2.24) is 15.2 Å². The van der Waals surface area contributed by atoms with Crippen LogP contribution < -0.4 is 5.32 Å². The van der Waals surface area contributed by atoms with Gasteiger partial charge in [-0.25, -0.2) is 4.79 Å². The Morgan fingerprint density at radius 2 is 1.90 bits per heavy atom. The number of nitrogens with one attached hydrogen (secondary N) is 2. The highest BCUT2D eigenvalue weighted by Crippen LogP contribution is 2.37. The van der Waals surface area contributed by atoms with Gasteiger partial charge in [0.15, 0.2) is 0 Å². The molecule has 2 atom stereocenters. The monoisotopic (exact) mass is 411 g/mol. The zero-order valence-corrected chi connectivity index (χ0v) is 18.2. The van der Waals surface area contributed by atoms with Gasteiger partial charge in [-0.1, -0.05) is 32.8 Å². The molecule has 2 aliphatic rings. The van der Waals surface area contributed by atoms with Gasteiger partial charge in [-0.05, 0) is 61.3 Å². The molecule has 1 aliphatic heterocycles. The van der Waals surface area contributed by atoms with E-state index in [0.717, 1.165) is 24.1 Å². The van der Waals surface area contributed by atoms with Crippen LogP contribution in [0.1, 0.15) is 75.6 Å². The zero-order valence-electron chi connectivity index (χ0n) is 18.2. The predicted octanol–water partition coefficient (Wildman–Crippen LogP) is 4.87. The van der Waals surface area contributed by atoms with E-state index in [0.29, 0.717) is 12.5 Å². The molecule has 2 heterocycles. The van der Waals surface area contributed by atoms with Crippen LogP contribution in [0.4, 0.5) is 4.79 Å². The van der Waals surface area contributed by atoms with E-state index in [9.17, 15) is 9.59 Å². The summed E-state index contributed by atoms with van der Waals surface area (Å²) in [6.07, 6.45) is 6.56. The first-order chi connectivity index (χ1) is 14.5. The minimum absolute atomic E-state index is 0.0144. The first kappa shape index (κ1) is 20.8. The Hall–Kier alpha value is -2.50. The maximum absolute atomic E-state index is 13.3. The van der Waals surface area contributed by atoms with E-state index in [4.69, 9.17) is 4.74 Å². The van der Waals surface area contributed by atoms with Crippen LogP contribution in [0.3, 0.4) is 0 Å². The molecule has 30 heavy (non-hydrogen) atoms. The molecule has 1 aromatic heterocycles. The van der Waals surface area contributed by atoms with Gasteiger partial charge >= 0.3 is 6.09 Å². The second-order valence-electron chi connectivity index (χ2n) is 9.10. The number of ether oxygens (including phenoxy) is 1. The third-order valence-electron chi connectivity index (χ3n) is 6.78. The van der Waals surface area contributed by atoms with Crippen molar-refractivity contribution in [3.8, 4) is 0 Å². The number of likely N-dealkylation sites (tertiary alicyclic amines) is 1. The number of aromatic amines is 1. The van der Waals surface area contributed by atoms with Gasteiger partial charge in [-0.2, -0.15) is 0 Å². The van der Waals surface area contributed by atoms with Gasteiger partial charge in [0.05, 0.1) is 13.2 Å². The summed E-state index contributed by atoms with van der Waals surface area (Å²) in [5, 5.41) is 3.94. The van der Waals surface area contributed by atoms with Gasteiger partial charge in [0.25, 0.3) is 0 Å². The van der Waals surface area contributed by atoms with Gasteiger partial charge in [0.2, 0.25) is 5.91 Å². The molecule has 2 aromatic rings. The van der Waals surface area contributed by atoms with E-state index in [1.54, 1.807) is 0 Å². The minimum Gasteiger partial charge on any atom is -0.453 e. The second-order valence-corrected chi connectivity index (χ2v) is 9.10. The van der Waals surface area contributed by atoms with E-state index in [2.05, 4.69) is 34.6 Å². The Labute approximate surface area is 178 Å². The highest BCUT2D eigenvalue weighted by Gasteiger charge is 2.36. The van der Waals surface area contributed by atoms with E-state index < -0.39 is 12.1 Å². The molecule has 1 aliphatic carbocycles. The molecule has 1 saturated heterocycles. The molecular weight excluding hydrogens is 378 g/mol. The third kappa shape index (κ3) is 4.05. The number of rotatable bonds is 5. The van der Waals surface area contributed by atoms with Crippen LogP contribution in [0.15, 0.2) is 24.3 Å². The summed E-state index contributed by atoms with van der Waals surface area (Å²) in [4.78, 5) is 30.5. The summed E-state index contributed by atoms with van der Waals surface area (Å²) in [6, 6.07) is 8.40. The molecule has 6 nitrogen and oxygen atoms in total. The Morgan fingerprint density at radius 3 is 2.60 bits per heavy atom. The van der Waals surface area contributed by atoms with E-state index >= 15 is 0 Å². The Balaban J connectivity index is 1.57. The summed E-state index contributed by atoms with van der Waals surface area (Å²) in [6.45, 7) is 4.59. The van der Waals surface area contributed by atoms with Crippen molar-refractivity contribution in [3.05, 3.63) is 35.5 Å².